The zero-order valence-corrected chi connectivity index (χ0v) is 13.3. The Morgan fingerprint density at radius 3 is 2.70 bits per heavy atom. The molecule has 1 atom stereocenters. The normalized spacial score (nSPS) is 12.3. The van der Waals surface area contributed by atoms with Gasteiger partial charge in [-0.2, -0.15) is 0 Å². The van der Waals surface area contributed by atoms with Crippen molar-refractivity contribution in [1.29, 1.82) is 0 Å². The maximum atomic E-state index is 4.75. The first-order valence-corrected chi connectivity index (χ1v) is 8.00. The summed E-state index contributed by atoms with van der Waals surface area (Å²) in [7, 11) is 4.12. The molecule has 0 fully saturated rings. The Labute approximate surface area is 125 Å². The summed E-state index contributed by atoms with van der Waals surface area (Å²) in [6.07, 6.45) is 2.07. The summed E-state index contributed by atoms with van der Waals surface area (Å²) in [4.78, 5) is 6.97. The van der Waals surface area contributed by atoms with Gasteiger partial charge >= 0.3 is 0 Å². The van der Waals surface area contributed by atoms with Crippen LogP contribution in [0.25, 0.3) is 0 Å². The summed E-state index contributed by atoms with van der Waals surface area (Å²) in [5.74, 6) is 0. The summed E-state index contributed by atoms with van der Waals surface area (Å²) in [5.41, 5.74) is 2.47. The largest absolute Gasteiger partial charge is 0.351 e. The molecule has 1 aromatic heterocycles. The molecule has 0 saturated carbocycles. The molecule has 0 amide bonds. The molecule has 2 rings (SSSR count). The molecule has 1 heterocycles. The minimum Gasteiger partial charge on any atom is -0.351 e. The van der Waals surface area contributed by atoms with Crippen LogP contribution in [-0.4, -0.2) is 25.6 Å². The van der Waals surface area contributed by atoms with Crippen LogP contribution in [-0.2, 0) is 6.42 Å². The zero-order valence-electron chi connectivity index (χ0n) is 12.5. The van der Waals surface area contributed by atoms with Crippen molar-refractivity contribution in [3.05, 3.63) is 47.0 Å². The molecule has 3 nitrogen and oxygen atoms in total. The van der Waals surface area contributed by atoms with E-state index in [0.29, 0.717) is 6.04 Å². The molecule has 20 heavy (non-hydrogen) atoms. The summed E-state index contributed by atoms with van der Waals surface area (Å²) in [6.45, 7) is 3.25. The van der Waals surface area contributed by atoms with Crippen LogP contribution in [0.2, 0.25) is 0 Å². The van der Waals surface area contributed by atoms with Crippen LogP contribution in [0.1, 0.15) is 30.6 Å². The van der Waals surface area contributed by atoms with Gasteiger partial charge in [-0.25, -0.2) is 4.98 Å². The van der Waals surface area contributed by atoms with Crippen molar-refractivity contribution >= 4 is 16.5 Å². The number of likely N-dealkylation sites (N-methyl/N-ethyl adjacent to an activating group) is 1. The Morgan fingerprint density at radius 2 is 2.05 bits per heavy atom. The minimum absolute atomic E-state index is 0.322. The van der Waals surface area contributed by atoms with Crippen LogP contribution >= 0.6 is 11.3 Å². The highest BCUT2D eigenvalue weighted by atomic mass is 32.1. The van der Waals surface area contributed by atoms with Gasteiger partial charge in [0.2, 0.25) is 0 Å². The number of anilines is 1. The first-order valence-electron chi connectivity index (χ1n) is 7.12. The van der Waals surface area contributed by atoms with Crippen molar-refractivity contribution < 1.29 is 0 Å². The highest BCUT2D eigenvalue weighted by Gasteiger charge is 2.13. The highest BCUT2D eigenvalue weighted by molar-refractivity contribution is 7.13. The Kier molecular flexibility index (Phi) is 5.56. The van der Waals surface area contributed by atoms with Gasteiger partial charge < -0.3 is 10.2 Å². The molecule has 0 radical (unpaired) electrons. The molecule has 0 bridgehead atoms. The predicted molar refractivity (Wildman–Crippen MR) is 87.6 cm³/mol. The van der Waals surface area contributed by atoms with E-state index in [2.05, 4.69) is 59.9 Å². The number of benzene rings is 1. The van der Waals surface area contributed by atoms with Gasteiger partial charge in [0.05, 0.1) is 5.69 Å². The second-order valence-corrected chi connectivity index (χ2v) is 5.84. The van der Waals surface area contributed by atoms with Crippen LogP contribution < -0.4 is 10.2 Å². The van der Waals surface area contributed by atoms with Crippen molar-refractivity contribution in [3.8, 4) is 0 Å². The highest BCUT2D eigenvalue weighted by Crippen LogP contribution is 2.23. The molecule has 1 N–H and O–H groups in total. The first kappa shape index (κ1) is 15.0. The maximum Gasteiger partial charge on any atom is 0.185 e. The average molecular weight is 289 g/mol. The van der Waals surface area contributed by atoms with Crippen LogP contribution in [0.4, 0.5) is 5.13 Å². The van der Waals surface area contributed by atoms with Gasteiger partial charge in [-0.15, -0.1) is 11.3 Å². The third kappa shape index (κ3) is 3.81. The van der Waals surface area contributed by atoms with Gasteiger partial charge in [-0.3, -0.25) is 0 Å². The number of nitrogens with one attached hydrogen (secondary N) is 1. The van der Waals surface area contributed by atoms with Gasteiger partial charge in [0.25, 0.3) is 0 Å². The lowest BCUT2D eigenvalue weighted by atomic mass is 10.0. The van der Waals surface area contributed by atoms with Crippen LogP contribution in [0.5, 0.6) is 0 Å². The van der Waals surface area contributed by atoms with Gasteiger partial charge in [0.1, 0.15) is 0 Å². The fourth-order valence-electron chi connectivity index (χ4n) is 2.28. The number of nitrogens with zero attached hydrogens (tertiary/aromatic N) is 2. The van der Waals surface area contributed by atoms with E-state index >= 15 is 0 Å². The lowest BCUT2D eigenvalue weighted by Crippen LogP contribution is -2.19. The molecule has 0 aliphatic rings. The van der Waals surface area contributed by atoms with Crippen molar-refractivity contribution in [2.75, 3.05) is 25.5 Å². The number of rotatable bonds is 7. The lowest BCUT2D eigenvalue weighted by Gasteiger charge is -2.16. The topological polar surface area (TPSA) is 28.2 Å². The number of hydrogen-bond acceptors (Lipinski definition) is 4. The smallest absolute Gasteiger partial charge is 0.185 e. The van der Waals surface area contributed by atoms with Gasteiger partial charge in [-0.1, -0.05) is 37.3 Å². The minimum atomic E-state index is 0.322. The van der Waals surface area contributed by atoms with E-state index in [9.17, 15) is 0 Å². The molecular weight excluding hydrogens is 266 g/mol. The third-order valence-electron chi connectivity index (χ3n) is 3.39. The van der Waals surface area contributed by atoms with E-state index in [-0.39, 0.29) is 0 Å². The molecule has 0 spiro atoms. The molecule has 0 saturated heterocycles. The summed E-state index contributed by atoms with van der Waals surface area (Å²) >= 11 is 1.73. The van der Waals surface area contributed by atoms with E-state index in [1.165, 1.54) is 5.56 Å². The Hall–Kier alpha value is -1.39. The quantitative estimate of drug-likeness (QED) is 0.845. The fraction of sp³-hybridized carbons (Fsp3) is 0.438. The van der Waals surface area contributed by atoms with E-state index in [1.54, 1.807) is 11.3 Å². The van der Waals surface area contributed by atoms with Gasteiger partial charge in [-0.05, 0) is 19.0 Å². The lowest BCUT2D eigenvalue weighted by molar-refractivity contribution is 0.586. The van der Waals surface area contributed by atoms with Crippen molar-refractivity contribution in [2.45, 2.75) is 25.8 Å². The molecule has 1 unspecified atom stereocenters. The first-order chi connectivity index (χ1) is 9.74. The third-order valence-corrected chi connectivity index (χ3v) is 4.39. The van der Waals surface area contributed by atoms with Gasteiger partial charge in [0.15, 0.2) is 5.13 Å². The van der Waals surface area contributed by atoms with Gasteiger partial charge in [0, 0.05) is 31.4 Å². The van der Waals surface area contributed by atoms with Crippen LogP contribution in [0, 0.1) is 0 Å². The monoisotopic (exact) mass is 289 g/mol. The Morgan fingerprint density at radius 1 is 1.30 bits per heavy atom. The number of aromatic nitrogens is 1. The van der Waals surface area contributed by atoms with Crippen LogP contribution in [0.3, 0.4) is 0 Å². The average Bonchev–Trinajstić information content (AvgIpc) is 2.94. The number of thiazole rings is 1. The zero-order chi connectivity index (χ0) is 14.4. The molecule has 0 aliphatic carbocycles. The standard InChI is InChI=1S/C16H23N3S/c1-4-10-19(3)16-18-14(12-20-16)11-15(17-2)13-8-6-5-7-9-13/h5-9,12,15,17H,4,10-11H2,1-3H3. The predicted octanol–water partition coefficient (Wildman–Crippen LogP) is 3.49. The molecule has 0 aliphatic heterocycles. The van der Waals surface area contributed by atoms with E-state index in [1.807, 2.05) is 7.05 Å². The van der Waals surface area contributed by atoms with Crippen molar-refractivity contribution in [2.24, 2.45) is 0 Å². The molecule has 108 valence electrons. The van der Waals surface area contributed by atoms with Crippen molar-refractivity contribution in [1.82, 2.24) is 10.3 Å². The summed E-state index contributed by atoms with van der Waals surface area (Å²) in [5, 5.41) is 6.67. The summed E-state index contributed by atoms with van der Waals surface area (Å²) < 4.78 is 0. The Balaban J connectivity index is 2.05. The SMILES string of the molecule is CCCN(C)c1nc(CC(NC)c2ccccc2)cs1. The van der Waals surface area contributed by atoms with Crippen LogP contribution in [0.15, 0.2) is 35.7 Å². The van der Waals surface area contributed by atoms with E-state index in [0.717, 1.165) is 30.2 Å². The van der Waals surface area contributed by atoms with Crippen molar-refractivity contribution in [3.63, 3.8) is 0 Å². The van der Waals surface area contributed by atoms with E-state index < -0.39 is 0 Å². The molecular formula is C16H23N3S. The van der Waals surface area contributed by atoms with E-state index in [4.69, 9.17) is 4.98 Å². The summed E-state index contributed by atoms with van der Waals surface area (Å²) in [6, 6.07) is 10.9. The molecule has 1 aromatic carbocycles. The fourth-order valence-corrected chi connectivity index (χ4v) is 3.11. The molecule has 4 heteroatoms. The second kappa shape index (κ2) is 7.41. The maximum absolute atomic E-state index is 4.75. The second-order valence-electron chi connectivity index (χ2n) is 5.00. The molecule has 2 aromatic rings. The Bertz CT molecular complexity index is 509. The number of hydrogen-bond donors (Lipinski definition) is 1.